The van der Waals surface area contributed by atoms with Crippen LogP contribution in [0.1, 0.15) is 24.8 Å². The number of thioether (sulfide) groups is 1. The van der Waals surface area contributed by atoms with Crippen molar-refractivity contribution in [2.45, 2.75) is 29.8 Å². The monoisotopic (exact) mass is 304 g/mol. The molecule has 1 fully saturated rings. The van der Waals surface area contributed by atoms with Crippen LogP contribution >= 0.6 is 11.8 Å². The van der Waals surface area contributed by atoms with E-state index in [0.717, 1.165) is 18.0 Å². The first-order valence-corrected chi connectivity index (χ1v) is 7.49. The topological polar surface area (TPSA) is 109 Å². The Hall–Kier alpha value is -2.29. The average Bonchev–Trinajstić information content (AvgIpc) is 2.94. The van der Waals surface area contributed by atoms with Crippen molar-refractivity contribution in [3.05, 3.63) is 24.3 Å². The summed E-state index contributed by atoms with van der Waals surface area (Å²) in [6, 6.07) is 4.00. The molecule has 4 rings (SSSR count). The van der Waals surface area contributed by atoms with Gasteiger partial charge in [0.2, 0.25) is 17.7 Å². The van der Waals surface area contributed by atoms with E-state index in [0.29, 0.717) is 35.2 Å². The van der Waals surface area contributed by atoms with Gasteiger partial charge in [-0.25, -0.2) is 0 Å². The van der Waals surface area contributed by atoms with Gasteiger partial charge in [0.25, 0.3) is 0 Å². The molecule has 1 aliphatic rings. The van der Waals surface area contributed by atoms with E-state index in [1.54, 1.807) is 18.4 Å². The van der Waals surface area contributed by atoms with Crippen LogP contribution in [0.25, 0.3) is 11.6 Å². The molecule has 0 radical (unpaired) electrons. The highest BCUT2D eigenvalue weighted by Crippen LogP contribution is 2.39. The summed E-state index contributed by atoms with van der Waals surface area (Å²) in [6.45, 7) is 0. The quantitative estimate of drug-likeness (QED) is 0.714. The minimum atomic E-state index is 0.434. The van der Waals surface area contributed by atoms with E-state index in [1.807, 2.05) is 4.57 Å². The molecular weight excluding hydrogens is 292 g/mol. The molecule has 3 aromatic rings. The number of nitrogen functional groups attached to an aromatic ring is 1. The zero-order chi connectivity index (χ0) is 14.2. The van der Waals surface area contributed by atoms with Gasteiger partial charge in [0.05, 0.1) is 12.0 Å². The van der Waals surface area contributed by atoms with Crippen LogP contribution in [0.2, 0.25) is 0 Å². The van der Waals surface area contributed by atoms with Crippen molar-refractivity contribution in [1.29, 1.82) is 0 Å². The number of nitrogens with two attached hydrogens (primary N) is 1. The normalized spacial score (nSPS) is 14.7. The lowest BCUT2D eigenvalue weighted by molar-refractivity contribution is 0.390. The molecule has 3 aromatic heterocycles. The molecule has 8 nitrogen and oxygen atoms in total. The number of furan rings is 1. The first-order chi connectivity index (χ1) is 10.3. The van der Waals surface area contributed by atoms with Crippen molar-refractivity contribution in [2.24, 2.45) is 0 Å². The zero-order valence-corrected chi connectivity index (χ0v) is 11.8. The van der Waals surface area contributed by atoms with Crippen LogP contribution in [0.3, 0.4) is 0 Å². The SMILES string of the molecule is Nc1nnc(SCc2nc(-c3ccco3)no2)n1C1CC1. The maximum absolute atomic E-state index is 5.83. The van der Waals surface area contributed by atoms with Crippen molar-refractivity contribution >= 4 is 17.7 Å². The van der Waals surface area contributed by atoms with Crippen molar-refractivity contribution in [3.63, 3.8) is 0 Å². The second-order valence-corrected chi connectivity index (χ2v) is 5.66. The standard InChI is InChI=1S/C12H12N6O2S/c13-11-15-16-12(18(11)7-3-4-7)21-6-9-14-10(17-20-9)8-2-1-5-19-8/h1-2,5,7H,3-4,6H2,(H2,13,15). The van der Waals surface area contributed by atoms with Crippen molar-refractivity contribution in [2.75, 3.05) is 5.73 Å². The summed E-state index contributed by atoms with van der Waals surface area (Å²) >= 11 is 1.48. The molecule has 0 saturated heterocycles. The fourth-order valence-corrected chi connectivity index (χ4v) is 2.86. The maximum Gasteiger partial charge on any atom is 0.238 e. The number of anilines is 1. The van der Waals surface area contributed by atoms with Crippen molar-refractivity contribution in [1.82, 2.24) is 24.9 Å². The van der Waals surface area contributed by atoms with Gasteiger partial charge in [0.15, 0.2) is 10.9 Å². The van der Waals surface area contributed by atoms with Crippen LogP contribution < -0.4 is 5.73 Å². The lowest BCUT2D eigenvalue weighted by Gasteiger charge is -2.03. The molecule has 3 heterocycles. The predicted octanol–water partition coefficient (Wildman–Crippen LogP) is 2.13. The summed E-state index contributed by atoms with van der Waals surface area (Å²) in [6.07, 6.45) is 3.82. The van der Waals surface area contributed by atoms with E-state index < -0.39 is 0 Å². The van der Waals surface area contributed by atoms with Crippen LogP contribution in [-0.2, 0) is 5.75 Å². The number of aromatic nitrogens is 5. The lowest BCUT2D eigenvalue weighted by atomic mass is 10.4. The highest BCUT2D eigenvalue weighted by atomic mass is 32.2. The average molecular weight is 304 g/mol. The van der Waals surface area contributed by atoms with Gasteiger partial charge in [0.1, 0.15) is 0 Å². The summed E-state index contributed by atoms with van der Waals surface area (Å²) in [5.74, 6) is 2.51. The van der Waals surface area contributed by atoms with Crippen molar-refractivity contribution in [3.8, 4) is 11.6 Å². The van der Waals surface area contributed by atoms with Crippen LogP contribution in [-0.4, -0.2) is 24.9 Å². The Morgan fingerprint density at radius 1 is 1.38 bits per heavy atom. The summed E-state index contributed by atoms with van der Waals surface area (Å²) in [5.41, 5.74) is 5.83. The molecule has 0 aromatic carbocycles. The Labute approximate surface area is 123 Å². The van der Waals surface area contributed by atoms with Crippen LogP contribution in [0.15, 0.2) is 32.5 Å². The van der Waals surface area contributed by atoms with Crippen LogP contribution in [0, 0.1) is 0 Å². The third kappa shape index (κ3) is 2.40. The fraction of sp³-hybridized carbons (Fsp3) is 0.333. The second kappa shape index (κ2) is 4.92. The van der Waals surface area contributed by atoms with E-state index >= 15 is 0 Å². The molecule has 0 aliphatic heterocycles. The highest BCUT2D eigenvalue weighted by Gasteiger charge is 2.29. The molecular formula is C12H12N6O2S. The fourth-order valence-electron chi connectivity index (χ4n) is 2.01. The smallest absolute Gasteiger partial charge is 0.238 e. The highest BCUT2D eigenvalue weighted by molar-refractivity contribution is 7.98. The lowest BCUT2D eigenvalue weighted by Crippen LogP contribution is -2.02. The third-order valence-electron chi connectivity index (χ3n) is 3.14. The van der Waals surface area contributed by atoms with Gasteiger partial charge in [-0.1, -0.05) is 16.9 Å². The molecule has 0 bridgehead atoms. The Kier molecular flexibility index (Phi) is 2.92. The van der Waals surface area contributed by atoms with Gasteiger partial charge >= 0.3 is 0 Å². The van der Waals surface area contributed by atoms with E-state index in [4.69, 9.17) is 14.7 Å². The van der Waals surface area contributed by atoms with Gasteiger partial charge in [-0.15, -0.1) is 10.2 Å². The zero-order valence-electron chi connectivity index (χ0n) is 11.0. The van der Waals surface area contributed by atoms with Gasteiger partial charge in [-0.3, -0.25) is 4.57 Å². The Morgan fingerprint density at radius 2 is 2.29 bits per heavy atom. The minimum absolute atomic E-state index is 0.434. The molecule has 0 amide bonds. The molecule has 1 saturated carbocycles. The Bertz CT molecular complexity index is 746. The first kappa shape index (κ1) is 12.5. The van der Waals surface area contributed by atoms with Gasteiger partial charge in [0, 0.05) is 6.04 Å². The number of hydrogen-bond acceptors (Lipinski definition) is 8. The molecule has 1 aliphatic carbocycles. The summed E-state index contributed by atoms with van der Waals surface area (Å²) < 4.78 is 12.4. The van der Waals surface area contributed by atoms with E-state index in [1.165, 1.54) is 11.8 Å². The largest absolute Gasteiger partial charge is 0.461 e. The molecule has 9 heteroatoms. The van der Waals surface area contributed by atoms with E-state index in [-0.39, 0.29) is 0 Å². The molecule has 2 N–H and O–H groups in total. The van der Waals surface area contributed by atoms with E-state index in [2.05, 4.69) is 20.3 Å². The predicted molar refractivity (Wildman–Crippen MR) is 74.3 cm³/mol. The molecule has 0 unspecified atom stereocenters. The molecule has 0 spiro atoms. The number of rotatable bonds is 5. The Morgan fingerprint density at radius 3 is 3.05 bits per heavy atom. The van der Waals surface area contributed by atoms with Gasteiger partial charge < -0.3 is 14.7 Å². The van der Waals surface area contributed by atoms with E-state index in [9.17, 15) is 0 Å². The van der Waals surface area contributed by atoms with Crippen molar-refractivity contribution < 1.29 is 8.94 Å². The summed E-state index contributed by atoms with van der Waals surface area (Å²) in [7, 11) is 0. The summed E-state index contributed by atoms with van der Waals surface area (Å²) in [4.78, 5) is 4.28. The maximum atomic E-state index is 5.83. The molecule has 21 heavy (non-hydrogen) atoms. The minimum Gasteiger partial charge on any atom is -0.461 e. The Balaban J connectivity index is 1.48. The molecule has 108 valence electrons. The second-order valence-electron chi connectivity index (χ2n) is 4.72. The molecule has 0 atom stereocenters. The number of hydrogen-bond donors (Lipinski definition) is 1. The third-order valence-corrected chi connectivity index (χ3v) is 4.07. The first-order valence-electron chi connectivity index (χ1n) is 6.51. The summed E-state index contributed by atoms with van der Waals surface area (Å²) in [5, 5.41) is 12.7. The number of nitrogens with zero attached hydrogens (tertiary/aromatic N) is 5. The van der Waals surface area contributed by atoms with Crippen LogP contribution in [0.4, 0.5) is 5.95 Å². The van der Waals surface area contributed by atoms with Gasteiger partial charge in [-0.05, 0) is 25.0 Å². The van der Waals surface area contributed by atoms with Gasteiger partial charge in [-0.2, -0.15) is 4.98 Å². The van der Waals surface area contributed by atoms with Crippen LogP contribution in [0.5, 0.6) is 0 Å².